The molecule has 3 rings (SSSR count). The SMILES string of the molecule is CC1=C(CCCCCCCCN2CCN(S(C)(=O)=O)CC2)C(=O)N(c2ccc(C#N)c(C(F)(F)F)c2)C1=O. The third kappa shape index (κ3) is 7.21. The minimum Gasteiger partial charge on any atom is -0.301 e. The Kier molecular flexibility index (Phi) is 9.73. The van der Waals surface area contributed by atoms with E-state index in [1.54, 1.807) is 0 Å². The first kappa shape index (κ1) is 29.8. The molecule has 2 aliphatic rings. The van der Waals surface area contributed by atoms with Crippen LogP contribution < -0.4 is 4.90 Å². The quantitative estimate of drug-likeness (QED) is 0.302. The lowest BCUT2D eigenvalue weighted by atomic mass is 10.0. The van der Waals surface area contributed by atoms with Gasteiger partial charge in [-0.1, -0.05) is 25.7 Å². The summed E-state index contributed by atoms with van der Waals surface area (Å²) < 4.78 is 64.7. The lowest BCUT2D eigenvalue weighted by molar-refractivity contribution is -0.138. The van der Waals surface area contributed by atoms with Crippen LogP contribution in [0.4, 0.5) is 18.9 Å². The summed E-state index contributed by atoms with van der Waals surface area (Å²) in [7, 11) is -3.12. The number of amides is 2. The van der Waals surface area contributed by atoms with Gasteiger partial charge in [-0.25, -0.2) is 13.3 Å². The maximum absolute atomic E-state index is 13.3. The van der Waals surface area contributed by atoms with Gasteiger partial charge in [0.15, 0.2) is 0 Å². The minimum absolute atomic E-state index is 0.196. The molecule has 12 heteroatoms. The first-order chi connectivity index (χ1) is 17.8. The Morgan fingerprint density at radius 2 is 1.55 bits per heavy atom. The molecule has 0 atom stereocenters. The fourth-order valence-corrected chi connectivity index (χ4v) is 5.67. The summed E-state index contributed by atoms with van der Waals surface area (Å²) in [5.41, 5.74) is -1.39. The van der Waals surface area contributed by atoms with E-state index in [-0.39, 0.29) is 11.3 Å². The highest BCUT2D eigenvalue weighted by Gasteiger charge is 2.39. The van der Waals surface area contributed by atoms with Crippen molar-refractivity contribution in [2.45, 2.75) is 58.0 Å². The number of piperazine rings is 1. The molecule has 0 N–H and O–H groups in total. The number of nitrogens with zero attached hydrogens (tertiary/aromatic N) is 4. The van der Waals surface area contributed by atoms with Gasteiger partial charge in [0.1, 0.15) is 0 Å². The Hall–Kier alpha value is -2.75. The van der Waals surface area contributed by atoms with Gasteiger partial charge in [-0.2, -0.15) is 22.7 Å². The molecule has 1 aromatic rings. The van der Waals surface area contributed by atoms with Crippen molar-refractivity contribution in [2.24, 2.45) is 0 Å². The van der Waals surface area contributed by atoms with Crippen LogP contribution in [-0.2, 0) is 25.8 Å². The van der Waals surface area contributed by atoms with Crippen molar-refractivity contribution in [1.29, 1.82) is 5.26 Å². The smallest absolute Gasteiger partial charge is 0.301 e. The van der Waals surface area contributed by atoms with E-state index in [0.29, 0.717) is 37.6 Å². The Labute approximate surface area is 221 Å². The number of halogens is 3. The number of rotatable bonds is 11. The molecule has 0 aliphatic carbocycles. The summed E-state index contributed by atoms with van der Waals surface area (Å²) in [4.78, 5) is 28.7. The molecule has 0 aromatic heterocycles. The molecule has 8 nitrogen and oxygen atoms in total. The highest BCUT2D eigenvalue weighted by Crippen LogP contribution is 2.37. The number of unbranched alkanes of at least 4 members (excludes halogenated alkanes) is 5. The number of imide groups is 1. The summed E-state index contributed by atoms with van der Waals surface area (Å²) in [5, 5.41) is 8.98. The van der Waals surface area contributed by atoms with Crippen LogP contribution in [0.2, 0.25) is 0 Å². The topological polar surface area (TPSA) is 102 Å². The number of hydrogen-bond donors (Lipinski definition) is 0. The van der Waals surface area contributed by atoms with Crippen LogP contribution in [-0.4, -0.2) is 68.4 Å². The molecular formula is C26H33F3N4O4S. The van der Waals surface area contributed by atoms with Gasteiger partial charge in [-0.15, -0.1) is 0 Å². The van der Waals surface area contributed by atoms with Crippen LogP contribution in [0.15, 0.2) is 29.3 Å². The van der Waals surface area contributed by atoms with E-state index in [4.69, 9.17) is 5.26 Å². The zero-order valence-corrected chi connectivity index (χ0v) is 22.5. The van der Waals surface area contributed by atoms with Crippen molar-refractivity contribution in [3.8, 4) is 6.07 Å². The van der Waals surface area contributed by atoms with Gasteiger partial charge in [-0.3, -0.25) is 9.59 Å². The molecular weight excluding hydrogens is 521 g/mol. The largest absolute Gasteiger partial charge is 0.417 e. The van der Waals surface area contributed by atoms with Crippen LogP contribution in [0.1, 0.15) is 63.0 Å². The molecule has 0 spiro atoms. The Morgan fingerprint density at radius 3 is 2.13 bits per heavy atom. The Bertz CT molecular complexity index is 1230. The Balaban J connectivity index is 1.41. The second-order valence-electron chi connectivity index (χ2n) is 9.76. The molecule has 2 aliphatic heterocycles. The average Bonchev–Trinajstić information content (AvgIpc) is 3.07. The maximum Gasteiger partial charge on any atom is 0.417 e. The summed E-state index contributed by atoms with van der Waals surface area (Å²) in [5.74, 6) is -1.25. The van der Waals surface area contributed by atoms with Crippen LogP contribution in [0.25, 0.3) is 0 Å². The lowest BCUT2D eigenvalue weighted by Crippen LogP contribution is -2.48. The number of hydrogen-bond acceptors (Lipinski definition) is 6. The average molecular weight is 555 g/mol. The van der Waals surface area contributed by atoms with E-state index in [0.717, 1.165) is 62.7 Å². The number of benzene rings is 1. The number of anilines is 1. The second-order valence-corrected chi connectivity index (χ2v) is 11.7. The van der Waals surface area contributed by atoms with Crippen molar-refractivity contribution in [3.63, 3.8) is 0 Å². The molecule has 1 saturated heterocycles. The third-order valence-electron chi connectivity index (χ3n) is 7.08. The highest BCUT2D eigenvalue weighted by atomic mass is 32.2. The standard InChI is InChI=1S/C26H33F3N4O4S/c1-19-22(9-7-5-3-4-6-8-12-31-13-15-32(16-14-31)38(2,36)37)25(35)33(24(19)34)21-11-10-20(18-30)23(17-21)26(27,28)29/h10-11,17H,3-9,12-16H2,1-2H3. The number of sulfonamides is 1. The lowest BCUT2D eigenvalue weighted by Gasteiger charge is -2.33. The first-order valence-electron chi connectivity index (χ1n) is 12.7. The van der Waals surface area contributed by atoms with Crippen molar-refractivity contribution in [3.05, 3.63) is 40.5 Å². The monoisotopic (exact) mass is 554 g/mol. The molecule has 0 bridgehead atoms. The van der Waals surface area contributed by atoms with E-state index in [9.17, 15) is 31.2 Å². The molecule has 38 heavy (non-hydrogen) atoms. The first-order valence-corrected chi connectivity index (χ1v) is 14.6. The van der Waals surface area contributed by atoms with E-state index in [1.165, 1.54) is 29.6 Å². The fraction of sp³-hybridized carbons (Fsp3) is 0.577. The number of nitriles is 1. The number of carbonyl (C=O) groups excluding carboxylic acids is 2. The summed E-state index contributed by atoms with van der Waals surface area (Å²) in [6.07, 6.45) is 2.42. The normalized spacial score (nSPS) is 17.9. The predicted octanol–water partition coefficient (Wildman–Crippen LogP) is 4.07. The Morgan fingerprint density at radius 1 is 0.947 bits per heavy atom. The van der Waals surface area contributed by atoms with Gasteiger partial charge < -0.3 is 4.90 Å². The maximum atomic E-state index is 13.3. The van der Waals surface area contributed by atoms with E-state index >= 15 is 0 Å². The van der Waals surface area contributed by atoms with Crippen molar-refractivity contribution in [1.82, 2.24) is 9.21 Å². The van der Waals surface area contributed by atoms with Crippen LogP contribution in [0.3, 0.4) is 0 Å². The molecule has 0 saturated carbocycles. The van der Waals surface area contributed by atoms with E-state index in [1.807, 2.05) is 0 Å². The van der Waals surface area contributed by atoms with Gasteiger partial charge in [-0.05, 0) is 50.9 Å². The van der Waals surface area contributed by atoms with Gasteiger partial charge in [0.05, 0.1) is 29.1 Å². The zero-order valence-electron chi connectivity index (χ0n) is 21.7. The summed E-state index contributed by atoms with van der Waals surface area (Å²) in [6, 6.07) is 4.33. The van der Waals surface area contributed by atoms with Crippen LogP contribution in [0.5, 0.6) is 0 Å². The summed E-state index contributed by atoms with van der Waals surface area (Å²) in [6.45, 7) is 4.99. The van der Waals surface area contributed by atoms with Gasteiger partial charge in [0, 0.05) is 37.3 Å². The minimum atomic E-state index is -4.79. The van der Waals surface area contributed by atoms with E-state index in [2.05, 4.69) is 4.90 Å². The molecule has 1 fully saturated rings. The molecule has 0 unspecified atom stereocenters. The molecule has 208 valence electrons. The molecule has 0 radical (unpaired) electrons. The number of carbonyl (C=O) groups is 2. The van der Waals surface area contributed by atoms with Gasteiger partial charge >= 0.3 is 6.18 Å². The van der Waals surface area contributed by atoms with E-state index < -0.39 is 39.1 Å². The second kappa shape index (κ2) is 12.4. The molecule has 2 amide bonds. The van der Waals surface area contributed by atoms with Crippen molar-refractivity contribution in [2.75, 3.05) is 43.9 Å². The van der Waals surface area contributed by atoms with Gasteiger partial charge in [0.2, 0.25) is 10.0 Å². The summed E-state index contributed by atoms with van der Waals surface area (Å²) >= 11 is 0. The van der Waals surface area contributed by atoms with Crippen LogP contribution >= 0.6 is 0 Å². The number of alkyl halides is 3. The fourth-order valence-electron chi connectivity index (χ4n) is 4.85. The predicted molar refractivity (Wildman–Crippen MR) is 137 cm³/mol. The highest BCUT2D eigenvalue weighted by molar-refractivity contribution is 7.88. The third-order valence-corrected chi connectivity index (χ3v) is 8.38. The molecule has 2 heterocycles. The zero-order chi connectivity index (χ0) is 28.1. The van der Waals surface area contributed by atoms with Crippen molar-refractivity contribution >= 4 is 27.5 Å². The van der Waals surface area contributed by atoms with Crippen LogP contribution in [0, 0.1) is 11.3 Å². The molecule has 1 aromatic carbocycles. The van der Waals surface area contributed by atoms with Crippen molar-refractivity contribution < 1.29 is 31.2 Å². The van der Waals surface area contributed by atoms with Gasteiger partial charge in [0.25, 0.3) is 11.8 Å².